The zero-order valence-corrected chi connectivity index (χ0v) is 7.71. The van der Waals surface area contributed by atoms with Crippen LogP contribution in [0.25, 0.3) is 0 Å². The molecule has 0 bridgehead atoms. The van der Waals surface area contributed by atoms with E-state index in [-0.39, 0.29) is 11.7 Å². The molecule has 2 heteroatoms. The van der Waals surface area contributed by atoms with Crippen LogP contribution < -0.4 is 0 Å². The van der Waals surface area contributed by atoms with Crippen molar-refractivity contribution in [2.75, 3.05) is 6.61 Å². The van der Waals surface area contributed by atoms with Crippen molar-refractivity contribution >= 4 is 0 Å². The number of hydrogen-bond acceptors (Lipinski definition) is 2. The third-order valence-corrected chi connectivity index (χ3v) is 3.39. The van der Waals surface area contributed by atoms with Gasteiger partial charge in [-0.2, -0.15) is 0 Å². The van der Waals surface area contributed by atoms with Crippen molar-refractivity contribution in [3.8, 4) is 0 Å². The molecule has 13 heavy (non-hydrogen) atoms. The van der Waals surface area contributed by atoms with Crippen LogP contribution in [-0.4, -0.2) is 18.3 Å². The Morgan fingerprint density at radius 2 is 2.46 bits per heavy atom. The predicted molar refractivity (Wildman–Crippen MR) is 49.2 cm³/mol. The zero-order valence-electron chi connectivity index (χ0n) is 7.71. The van der Waals surface area contributed by atoms with Crippen LogP contribution in [0.1, 0.15) is 25.7 Å². The van der Waals surface area contributed by atoms with Gasteiger partial charge in [-0.15, -0.1) is 0 Å². The van der Waals surface area contributed by atoms with E-state index in [0.717, 1.165) is 25.2 Å². The lowest BCUT2D eigenvalue weighted by Gasteiger charge is -2.31. The minimum atomic E-state index is -0.0880. The van der Waals surface area contributed by atoms with Gasteiger partial charge in [-0.1, -0.05) is 12.7 Å². The fourth-order valence-electron chi connectivity index (χ4n) is 2.76. The van der Waals surface area contributed by atoms with E-state index in [0.29, 0.717) is 0 Å². The van der Waals surface area contributed by atoms with E-state index in [1.54, 1.807) is 0 Å². The summed E-state index contributed by atoms with van der Waals surface area (Å²) in [6.07, 6.45) is 6.95. The summed E-state index contributed by atoms with van der Waals surface area (Å²) in [6, 6.07) is 0. The molecule has 3 rings (SSSR count). The summed E-state index contributed by atoms with van der Waals surface area (Å²) in [7, 11) is 0. The van der Waals surface area contributed by atoms with Crippen molar-refractivity contribution in [2.45, 2.75) is 37.4 Å². The van der Waals surface area contributed by atoms with E-state index >= 15 is 0 Å². The summed E-state index contributed by atoms with van der Waals surface area (Å²) < 4.78 is 11.6. The molecule has 0 amide bonds. The topological polar surface area (TPSA) is 18.5 Å². The Labute approximate surface area is 78.2 Å². The Kier molecular flexibility index (Phi) is 1.40. The first-order chi connectivity index (χ1) is 6.31. The Bertz CT molecular complexity index is 292. The normalized spacial score (nSPS) is 42.3. The second-order valence-electron chi connectivity index (χ2n) is 4.16. The highest BCUT2D eigenvalue weighted by Gasteiger charge is 2.54. The maximum atomic E-state index is 5.89. The summed E-state index contributed by atoms with van der Waals surface area (Å²) >= 11 is 0. The second-order valence-corrected chi connectivity index (χ2v) is 4.16. The molecule has 2 saturated heterocycles. The van der Waals surface area contributed by atoms with Crippen LogP contribution in [0.3, 0.4) is 0 Å². The van der Waals surface area contributed by atoms with E-state index in [9.17, 15) is 0 Å². The van der Waals surface area contributed by atoms with Crippen LogP contribution in [0.2, 0.25) is 0 Å². The summed E-state index contributed by atoms with van der Waals surface area (Å²) in [6.45, 7) is 4.67. The van der Waals surface area contributed by atoms with E-state index in [2.05, 4.69) is 12.7 Å². The minimum Gasteiger partial charge on any atom is -0.485 e. The Morgan fingerprint density at radius 3 is 3.38 bits per heavy atom. The van der Waals surface area contributed by atoms with E-state index in [1.165, 1.54) is 18.4 Å². The van der Waals surface area contributed by atoms with Gasteiger partial charge in [-0.05, 0) is 24.8 Å². The average Bonchev–Trinajstić information content (AvgIpc) is 2.57. The van der Waals surface area contributed by atoms with Crippen LogP contribution >= 0.6 is 0 Å². The fraction of sp³-hybridized carbons (Fsp3) is 0.636. The molecular formula is C11H14O2. The summed E-state index contributed by atoms with van der Waals surface area (Å²) in [5.41, 5.74) is 1.28. The first-order valence-corrected chi connectivity index (χ1v) is 4.99. The van der Waals surface area contributed by atoms with Crippen LogP contribution in [0.5, 0.6) is 0 Å². The molecule has 2 fully saturated rings. The predicted octanol–water partition coefficient (Wildman–Crippen LogP) is 2.17. The number of ether oxygens (including phenoxy) is 2. The smallest absolute Gasteiger partial charge is 0.158 e. The molecule has 0 radical (unpaired) electrons. The molecule has 0 unspecified atom stereocenters. The van der Waals surface area contributed by atoms with Gasteiger partial charge in [0.05, 0.1) is 12.4 Å². The van der Waals surface area contributed by atoms with Gasteiger partial charge in [0.15, 0.2) is 5.60 Å². The summed E-state index contributed by atoms with van der Waals surface area (Å²) in [5.74, 6) is 0.900. The highest BCUT2D eigenvalue weighted by atomic mass is 16.6. The molecule has 3 aliphatic rings. The van der Waals surface area contributed by atoms with Gasteiger partial charge < -0.3 is 9.47 Å². The van der Waals surface area contributed by atoms with Crippen molar-refractivity contribution in [1.82, 2.24) is 0 Å². The fourth-order valence-corrected chi connectivity index (χ4v) is 2.76. The molecule has 0 aromatic carbocycles. The third-order valence-electron chi connectivity index (χ3n) is 3.39. The van der Waals surface area contributed by atoms with E-state index in [4.69, 9.17) is 9.47 Å². The molecule has 1 spiro atoms. The van der Waals surface area contributed by atoms with Crippen molar-refractivity contribution in [3.63, 3.8) is 0 Å². The first kappa shape index (κ1) is 7.63. The molecule has 2 nitrogen and oxygen atoms in total. The van der Waals surface area contributed by atoms with Gasteiger partial charge in [-0.25, -0.2) is 0 Å². The zero-order chi connectivity index (χ0) is 8.89. The van der Waals surface area contributed by atoms with Crippen molar-refractivity contribution < 1.29 is 9.47 Å². The van der Waals surface area contributed by atoms with Gasteiger partial charge in [0.25, 0.3) is 0 Å². The molecule has 70 valence electrons. The lowest BCUT2D eigenvalue weighted by molar-refractivity contribution is 0.00188. The lowest BCUT2D eigenvalue weighted by atomic mass is 9.82. The number of rotatable bonds is 0. The molecule has 1 aliphatic carbocycles. The van der Waals surface area contributed by atoms with Crippen molar-refractivity contribution in [1.29, 1.82) is 0 Å². The SMILES string of the molecule is C=C1C[C@@H]2OCC3=CCCC[C@]32O1. The summed E-state index contributed by atoms with van der Waals surface area (Å²) in [5, 5.41) is 0. The molecule has 0 N–H and O–H groups in total. The Hall–Kier alpha value is -0.760. The summed E-state index contributed by atoms with van der Waals surface area (Å²) in [4.78, 5) is 0. The highest BCUT2D eigenvalue weighted by Crippen LogP contribution is 2.49. The maximum Gasteiger partial charge on any atom is 0.158 e. The van der Waals surface area contributed by atoms with E-state index in [1.807, 2.05) is 0 Å². The van der Waals surface area contributed by atoms with Gasteiger partial charge in [0.1, 0.15) is 6.10 Å². The molecule has 0 aromatic heterocycles. The average molecular weight is 178 g/mol. The van der Waals surface area contributed by atoms with Crippen LogP contribution in [0.4, 0.5) is 0 Å². The van der Waals surface area contributed by atoms with Crippen molar-refractivity contribution in [2.24, 2.45) is 0 Å². The molecule has 2 aliphatic heterocycles. The third kappa shape index (κ3) is 0.869. The standard InChI is InChI=1S/C11H14O2/c1-8-6-10-11(13-8)5-3-2-4-9(11)7-12-10/h4,10H,1-3,5-7H2/t10-,11-/m0/s1. The van der Waals surface area contributed by atoms with Gasteiger partial charge in [-0.3, -0.25) is 0 Å². The van der Waals surface area contributed by atoms with Gasteiger partial charge >= 0.3 is 0 Å². The number of hydrogen-bond donors (Lipinski definition) is 0. The second kappa shape index (κ2) is 2.38. The van der Waals surface area contributed by atoms with Gasteiger partial charge in [0.2, 0.25) is 0 Å². The first-order valence-electron chi connectivity index (χ1n) is 4.99. The van der Waals surface area contributed by atoms with Crippen LogP contribution in [-0.2, 0) is 9.47 Å². The van der Waals surface area contributed by atoms with E-state index < -0.39 is 0 Å². The molecule has 2 heterocycles. The van der Waals surface area contributed by atoms with Gasteiger partial charge in [0, 0.05) is 6.42 Å². The maximum absolute atomic E-state index is 5.89. The lowest BCUT2D eigenvalue weighted by Crippen LogP contribution is -2.37. The monoisotopic (exact) mass is 178 g/mol. The quantitative estimate of drug-likeness (QED) is 0.529. The number of allylic oxidation sites excluding steroid dienone is 1. The largest absolute Gasteiger partial charge is 0.485 e. The minimum absolute atomic E-state index is 0.0880. The molecule has 0 aromatic rings. The van der Waals surface area contributed by atoms with Crippen LogP contribution in [0, 0.1) is 0 Å². The molecular weight excluding hydrogens is 164 g/mol. The molecule has 0 saturated carbocycles. The van der Waals surface area contributed by atoms with Crippen molar-refractivity contribution in [3.05, 3.63) is 24.0 Å². The highest BCUT2D eigenvalue weighted by molar-refractivity contribution is 5.31. The Morgan fingerprint density at radius 1 is 1.54 bits per heavy atom. The van der Waals surface area contributed by atoms with Crippen LogP contribution in [0.15, 0.2) is 24.0 Å². The molecule has 2 atom stereocenters. The Balaban J connectivity index is 2.04.